The maximum Gasteiger partial charge on any atom is 0.226 e. The standard InChI is InChI=1S/C10H13N3O3S2/c14-8(3-6-4-18(15,16)5-6)11-10-12-9(13-17-10)7-1-2-7/h6-7H,1-5H2,(H,11,12,13,14). The zero-order valence-corrected chi connectivity index (χ0v) is 11.3. The summed E-state index contributed by atoms with van der Waals surface area (Å²) in [5.41, 5.74) is 0. The summed E-state index contributed by atoms with van der Waals surface area (Å²) in [5, 5.41) is 3.20. The molecule has 98 valence electrons. The van der Waals surface area contributed by atoms with Crippen LogP contribution >= 0.6 is 11.5 Å². The first-order chi connectivity index (χ1) is 8.52. The molecule has 0 spiro atoms. The third kappa shape index (κ3) is 2.69. The van der Waals surface area contributed by atoms with Gasteiger partial charge in [0.05, 0.1) is 11.5 Å². The van der Waals surface area contributed by atoms with Gasteiger partial charge < -0.3 is 5.32 Å². The molecule has 2 aliphatic rings. The Labute approximate surface area is 109 Å². The average molecular weight is 287 g/mol. The molecule has 1 aliphatic heterocycles. The predicted octanol–water partition coefficient (Wildman–Crippen LogP) is 0.789. The zero-order chi connectivity index (χ0) is 12.8. The quantitative estimate of drug-likeness (QED) is 0.884. The van der Waals surface area contributed by atoms with E-state index in [2.05, 4.69) is 14.7 Å². The summed E-state index contributed by atoms with van der Waals surface area (Å²) in [5.74, 6) is 1.35. The molecule has 2 fully saturated rings. The van der Waals surface area contributed by atoms with E-state index in [-0.39, 0.29) is 29.8 Å². The zero-order valence-electron chi connectivity index (χ0n) is 9.63. The molecular weight excluding hydrogens is 274 g/mol. The van der Waals surface area contributed by atoms with Gasteiger partial charge in [0, 0.05) is 23.9 Å². The first-order valence-corrected chi connectivity index (χ1v) is 8.45. The van der Waals surface area contributed by atoms with E-state index in [0.29, 0.717) is 11.0 Å². The second kappa shape index (κ2) is 4.27. The van der Waals surface area contributed by atoms with Crippen LogP contribution in [-0.2, 0) is 14.6 Å². The molecule has 2 heterocycles. The molecule has 1 N–H and O–H groups in total. The largest absolute Gasteiger partial charge is 0.301 e. The lowest BCUT2D eigenvalue weighted by Crippen LogP contribution is -2.38. The number of nitrogens with one attached hydrogen (secondary N) is 1. The molecule has 1 amide bonds. The van der Waals surface area contributed by atoms with E-state index in [9.17, 15) is 13.2 Å². The van der Waals surface area contributed by atoms with E-state index in [1.165, 1.54) is 11.5 Å². The van der Waals surface area contributed by atoms with Crippen LogP contribution in [0.5, 0.6) is 0 Å². The van der Waals surface area contributed by atoms with Crippen molar-refractivity contribution in [1.29, 1.82) is 0 Å². The maximum atomic E-state index is 11.7. The van der Waals surface area contributed by atoms with Crippen molar-refractivity contribution in [2.45, 2.75) is 25.2 Å². The third-order valence-corrected chi connectivity index (χ3v) is 5.69. The highest BCUT2D eigenvalue weighted by Crippen LogP contribution is 2.39. The summed E-state index contributed by atoms with van der Waals surface area (Å²) >= 11 is 1.19. The monoisotopic (exact) mass is 287 g/mol. The Morgan fingerprint density at radius 1 is 1.39 bits per heavy atom. The van der Waals surface area contributed by atoms with Crippen LogP contribution in [0.15, 0.2) is 0 Å². The summed E-state index contributed by atoms with van der Waals surface area (Å²) in [6.45, 7) is 0. The van der Waals surface area contributed by atoms with Crippen molar-refractivity contribution >= 4 is 32.4 Å². The van der Waals surface area contributed by atoms with Gasteiger partial charge in [0.15, 0.2) is 9.84 Å². The van der Waals surface area contributed by atoms with Gasteiger partial charge in [-0.3, -0.25) is 4.79 Å². The first-order valence-electron chi connectivity index (χ1n) is 5.86. The molecule has 8 heteroatoms. The van der Waals surface area contributed by atoms with Crippen LogP contribution in [0.4, 0.5) is 5.13 Å². The number of hydrogen-bond acceptors (Lipinski definition) is 6. The van der Waals surface area contributed by atoms with Crippen LogP contribution < -0.4 is 5.32 Å². The Bertz CT molecular complexity index is 565. The predicted molar refractivity (Wildman–Crippen MR) is 67.3 cm³/mol. The molecule has 18 heavy (non-hydrogen) atoms. The molecule has 0 atom stereocenters. The number of carbonyl (C=O) groups is 1. The number of anilines is 1. The van der Waals surface area contributed by atoms with E-state index in [1.807, 2.05) is 0 Å². The third-order valence-electron chi connectivity index (χ3n) is 3.08. The minimum atomic E-state index is -2.85. The minimum Gasteiger partial charge on any atom is -0.301 e. The van der Waals surface area contributed by atoms with Crippen molar-refractivity contribution in [2.24, 2.45) is 5.92 Å². The van der Waals surface area contributed by atoms with Crippen molar-refractivity contribution in [1.82, 2.24) is 9.36 Å². The molecule has 0 radical (unpaired) electrons. The number of rotatable bonds is 4. The highest BCUT2D eigenvalue weighted by molar-refractivity contribution is 7.92. The smallest absolute Gasteiger partial charge is 0.226 e. The van der Waals surface area contributed by atoms with Crippen molar-refractivity contribution in [3.63, 3.8) is 0 Å². The van der Waals surface area contributed by atoms with Crippen LogP contribution in [0.2, 0.25) is 0 Å². The van der Waals surface area contributed by atoms with Gasteiger partial charge in [0.25, 0.3) is 0 Å². The van der Waals surface area contributed by atoms with E-state index in [0.717, 1.165) is 18.7 Å². The molecule has 6 nitrogen and oxygen atoms in total. The van der Waals surface area contributed by atoms with Gasteiger partial charge in [-0.05, 0) is 18.8 Å². The second-order valence-corrected chi connectivity index (χ2v) is 7.83. The summed E-state index contributed by atoms with van der Waals surface area (Å²) in [6.07, 6.45) is 2.51. The van der Waals surface area contributed by atoms with Crippen LogP contribution in [0.3, 0.4) is 0 Å². The van der Waals surface area contributed by atoms with Gasteiger partial charge in [0.1, 0.15) is 5.82 Å². The summed E-state index contributed by atoms with van der Waals surface area (Å²) in [4.78, 5) is 15.9. The van der Waals surface area contributed by atoms with Gasteiger partial charge in [-0.2, -0.15) is 4.37 Å². The fraction of sp³-hybridized carbons (Fsp3) is 0.700. The number of amides is 1. The molecule has 1 aromatic heterocycles. The minimum absolute atomic E-state index is 0.0363. The van der Waals surface area contributed by atoms with Crippen LogP contribution in [0.25, 0.3) is 0 Å². The van der Waals surface area contributed by atoms with Gasteiger partial charge in [-0.1, -0.05) is 0 Å². The summed E-state index contributed by atoms with van der Waals surface area (Å²) in [7, 11) is -2.85. The lowest BCUT2D eigenvalue weighted by atomic mass is 10.1. The first kappa shape index (κ1) is 12.0. The molecule has 1 saturated carbocycles. The van der Waals surface area contributed by atoms with E-state index in [1.54, 1.807) is 0 Å². The molecule has 0 aromatic carbocycles. The summed E-state index contributed by atoms with van der Waals surface area (Å²) in [6, 6.07) is 0. The van der Waals surface area contributed by atoms with Gasteiger partial charge in [0.2, 0.25) is 11.0 Å². The van der Waals surface area contributed by atoms with Gasteiger partial charge in [-0.15, -0.1) is 0 Å². The maximum absolute atomic E-state index is 11.7. The molecule has 1 aliphatic carbocycles. The Morgan fingerprint density at radius 2 is 2.11 bits per heavy atom. The van der Waals surface area contributed by atoms with Crippen molar-refractivity contribution in [3.8, 4) is 0 Å². The SMILES string of the molecule is O=C(CC1CS(=O)(=O)C1)Nc1nc(C2CC2)ns1. The second-order valence-electron chi connectivity index (χ2n) is 4.93. The van der Waals surface area contributed by atoms with Gasteiger partial charge >= 0.3 is 0 Å². The van der Waals surface area contributed by atoms with Crippen LogP contribution in [0.1, 0.15) is 31.0 Å². The lowest BCUT2D eigenvalue weighted by Gasteiger charge is -2.24. The van der Waals surface area contributed by atoms with Crippen molar-refractivity contribution in [3.05, 3.63) is 5.82 Å². The van der Waals surface area contributed by atoms with E-state index >= 15 is 0 Å². The van der Waals surface area contributed by atoms with Gasteiger partial charge in [-0.25, -0.2) is 13.4 Å². The Balaban J connectivity index is 1.51. The molecule has 0 unspecified atom stereocenters. The summed E-state index contributed by atoms with van der Waals surface area (Å²) < 4.78 is 26.1. The fourth-order valence-electron chi connectivity index (χ4n) is 2.01. The Kier molecular flexibility index (Phi) is 2.86. The van der Waals surface area contributed by atoms with Crippen LogP contribution in [0, 0.1) is 5.92 Å². The number of sulfone groups is 1. The normalized spacial score (nSPS) is 22.4. The number of hydrogen-bond donors (Lipinski definition) is 1. The number of carbonyl (C=O) groups excluding carboxylic acids is 1. The highest BCUT2D eigenvalue weighted by Gasteiger charge is 2.35. The number of aromatic nitrogens is 2. The van der Waals surface area contributed by atoms with Crippen LogP contribution in [-0.4, -0.2) is 35.2 Å². The molecule has 3 rings (SSSR count). The lowest BCUT2D eigenvalue weighted by molar-refractivity contribution is -0.116. The van der Waals surface area contributed by atoms with Crippen molar-refractivity contribution in [2.75, 3.05) is 16.8 Å². The topological polar surface area (TPSA) is 89.0 Å². The Hall–Kier alpha value is -1.02. The average Bonchev–Trinajstić information content (AvgIpc) is 2.98. The molecule has 0 bridgehead atoms. The fourth-order valence-corrected chi connectivity index (χ4v) is 4.25. The van der Waals surface area contributed by atoms with Crippen molar-refractivity contribution < 1.29 is 13.2 Å². The highest BCUT2D eigenvalue weighted by atomic mass is 32.2. The number of nitrogens with zero attached hydrogens (tertiary/aromatic N) is 2. The molecular formula is C10H13N3O3S2. The molecule has 1 aromatic rings. The van der Waals surface area contributed by atoms with E-state index < -0.39 is 9.84 Å². The Morgan fingerprint density at radius 3 is 2.72 bits per heavy atom. The molecule has 1 saturated heterocycles. The van der Waals surface area contributed by atoms with E-state index in [4.69, 9.17) is 0 Å².